The molecular weight excluding hydrogens is 274 g/mol. The standard InChI is InChI=1S/C14H13N3O2S/c1-19-13-3-2-10(14(16)18)5-12(13)17-7-11-4-9(6-15)8-20-11/h2-5,8,17H,7H2,1H3,(H2,16,18). The van der Waals surface area contributed by atoms with E-state index in [4.69, 9.17) is 15.7 Å². The SMILES string of the molecule is COc1ccc(C(N)=O)cc1NCc1cc(C#N)cs1. The number of carbonyl (C=O) groups is 1. The van der Waals surface area contributed by atoms with Crippen LogP contribution in [0.4, 0.5) is 5.69 Å². The average Bonchev–Trinajstić information content (AvgIpc) is 2.92. The van der Waals surface area contributed by atoms with Crippen LogP contribution in [0, 0.1) is 11.3 Å². The number of hydrogen-bond acceptors (Lipinski definition) is 5. The van der Waals surface area contributed by atoms with Crippen molar-refractivity contribution < 1.29 is 9.53 Å². The van der Waals surface area contributed by atoms with Gasteiger partial charge in [0.15, 0.2) is 0 Å². The van der Waals surface area contributed by atoms with Gasteiger partial charge in [-0.15, -0.1) is 11.3 Å². The first-order valence-electron chi connectivity index (χ1n) is 5.83. The van der Waals surface area contributed by atoms with Crippen LogP contribution in [0.1, 0.15) is 20.8 Å². The van der Waals surface area contributed by atoms with Crippen molar-refractivity contribution in [3.8, 4) is 11.8 Å². The molecule has 102 valence electrons. The van der Waals surface area contributed by atoms with Gasteiger partial charge in [0, 0.05) is 22.4 Å². The van der Waals surface area contributed by atoms with Gasteiger partial charge in [0.1, 0.15) is 11.8 Å². The van der Waals surface area contributed by atoms with E-state index in [0.717, 1.165) is 4.88 Å². The minimum Gasteiger partial charge on any atom is -0.495 e. The second-order valence-corrected chi connectivity index (χ2v) is 5.04. The van der Waals surface area contributed by atoms with Gasteiger partial charge < -0.3 is 15.8 Å². The molecule has 5 nitrogen and oxygen atoms in total. The van der Waals surface area contributed by atoms with E-state index in [9.17, 15) is 4.79 Å². The summed E-state index contributed by atoms with van der Waals surface area (Å²) in [7, 11) is 1.56. The monoisotopic (exact) mass is 287 g/mol. The zero-order valence-corrected chi connectivity index (χ0v) is 11.7. The number of thiophene rings is 1. The van der Waals surface area contributed by atoms with E-state index in [1.54, 1.807) is 30.7 Å². The number of ether oxygens (including phenoxy) is 1. The molecule has 0 radical (unpaired) electrons. The van der Waals surface area contributed by atoms with Crippen molar-refractivity contribution in [3.05, 3.63) is 45.6 Å². The van der Waals surface area contributed by atoms with Crippen molar-refractivity contribution >= 4 is 22.9 Å². The highest BCUT2D eigenvalue weighted by Crippen LogP contribution is 2.26. The quantitative estimate of drug-likeness (QED) is 0.883. The molecule has 2 rings (SSSR count). The third kappa shape index (κ3) is 3.08. The molecule has 0 saturated carbocycles. The number of amides is 1. The van der Waals surface area contributed by atoms with Gasteiger partial charge in [-0.1, -0.05) is 0 Å². The van der Waals surface area contributed by atoms with Crippen LogP contribution in [0.2, 0.25) is 0 Å². The Morgan fingerprint density at radius 2 is 2.30 bits per heavy atom. The molecule has 0 bridgehead atoms. The van der Waals surface area contributed by atoms with E-state index in [1.165, 1.54) is 11.3 Å². The molecule has 1 aromatic carbocycles. The Kier molecular flexibility index (Phi) is 4.23. The topological polar surface area (TPSA) is 88.1 Å². The number of benzene rings is 1. The van der Waals surface area contributed by atoms with Crippen molar-refractivity contribution in [1.82, 2.24) is 0 Å². The summed E-state index contributed by atoms with van der Waals surface area (Å²) in [5.74, 6) is 0.144. The molecule has 0 aliphatic rings. The number of carbonyl (C=O) groups excluding carboxylic acids is 1. The molecule has 0 atom stereocenters. The first kappa shape index (κ1) is 13.9. The van der Waals surface area contributed by atoms with Crippen LogP contribution in [0.15, 0.2) is 29.6 Å². The van der Waals surface area contributed by atoms with Crippen LogP contribution in [0.5, 0.6) is 5.75 Å². The molecule has 3 N–H and O–H groups in total. The lowest BCUT2D eigenvalue weighted by molar-refractivity contribution is 0.100. The predicted octanol–water partition coefficient (Wildman–Crippen LogP) is 2.34. The summed E-state index contributed by atoms with van der Waals surface area (Å²) < 4.78 is 5.23. The molecule has 1 amide bonds. The number of nitrogens with zero attached hydrogens (tertiary/aromatic N) is 1. The molecule has 0 fully saturated rings. The van der Waals surface area contributed by atoms with Crippen molar-refractivity contribution in [2.45, 2.75) is 6.54 Å². The fourth-order valence-corrected chi connectivity index (χ4v) is 2.46. The Balaban J connectivity index is 2.17. The summed E-state index contributed by atoms with van der Waals surface area (Å²) in [5.41, 5.74) is 7.01. The van der Waals surface area contributed by atoms with Gasteiger partial charge in [0.2, 0.25) is 5.91 Å². The molecule has 0 aliphatic carbocycles. The molecule has 1 aromatic heterocycles. The van der Waals surface area contributed by atoms with Gasteiger partial charge in [0.05, 0.1) is 18.4 Å². The molecule has 0 spiro atoms. The normalized spacial score (nSPS) is 9.80. The Morgan fingerprint density at radius 1 is 1.50 bits per heavy atom. The summed E-state index contributed by atoms with van der Waals surface area (Å²) in [6.07, 6.45) is 0. The maximum absolute atomic E-state index is 11.2. The predicted molar refractivity (Wildman–Crippen MR) is 77.9 cm³/mol. The van der Waals surface area contributed by atoms with Crippen LogP contribution in [0.25, 0.3) is 0 Å². The number of methoxy groups -OCH3 is 1. The average molecular weight is 287 g/mol. The second-order valence-electron chi connectivity index (χ2n) is 4.05. The first-order valence-corrected chi connectivity index (χ1v) is 6.71. The Hall–Kier alpha value is -2.52. The summed E-state index contributed by atoms with van der Waals surface area (Å²) in [6.45, 7) is 0.547. The van der Waals surface area contributed by atoms with Gasteiger partial charge in [0.25, 0.3) is 0 Å². The highest BCUT2D eigenvalue weighted by atomic mass is 32.1. The van der Waals surface area contributed by atoms with Crippen molar-refractivity contribution in [1.29, 1.82) is 5.26 Å². The largest absolute Gasteiger partial charge is 0.495 e. The lowest BCUT2D eigenvalue weighted by Gasteiger charge is -2.11. The highest BCUT2D eigenvalue weighted by Gasteiger charge is 2.08. The lowest BCUT2D eigenvalue weighted by Crippen LogP contribution is -2.11. The van der Waals surface area contributed by atoms with E-state index >= 15 is 0 Å². The molecule has 1 heterocycles. The third-order valence-electron chi connectivity index (χ3n) is 2.72. The number of nitrogens with two attached hydrogens (primary N) is 1. The molecule has 2 aromatic rings. The van der Waals surface area contributed by atoms with Crippen LogP contribution >= 0.6 is 11.3 Å². The molecule has 0 aliphatic heterocycles. The number of nitriles is 1. The van der Waals surface area contributed by atoms with Crippen LogP contribution in [0.3, 0.4) is 0 Å². The van der Waals surface area contributed by atoms with E-state index in [-0.39, 0.29) is 0 Å². The zero-order valence-electron chi connectivity index (χ0n) is 10.8. The van der Waals surface area contributed by atoms with Crippen molar-refractivity contribution in [2.24, 2.45) is 5.73 Å². The Bertz CT molecular complexity index is 673. The Labute approximate surface area is 120 Å². The summed E-state index contributed by atoms with van der Waals surface area (Å²) in [5, 5.41) is 13.8. The van der Waals surface area contributed by atoms with Gasteiger partial charge in [-0.05, 0) is 24.3 Å². The van der Waals surface area contributed by atoms with Crippen LogP contribution in [-0.4, -0.2) is 13.0 Å². The van der Waals surface area contributed by atoms with Gasteiger partial charge in [-0.3, -0.25) is 4.79 Å². The number of anilines is 1. The highest BCUT2D eigenvalue weighted by molar-refractivity contribution is 7.10. The summed E-state index contributed by atoms with van der Waals surface area (Å²) in [6, 6.07) is 8.87. The third-order valence-corrected chi connectivity index (χ3v) is 3.66. The molecule has 20 heavy (non-hydrogen) atoms. The summed E-state index contributed by atoms with van der Waals surface area (Å²) >= 11 is 1.50. The smallest absolute Gasteiger partial charge is 0.248 e. The van der Waals surface area contributed by atoms with Crippen molar-refractivity contribution in [2.75, 3.05) is 12.4 Å². The maximum atomic E-state index is 11.2. The minimum atomic E-state index is -0.487. The fourth-order valence-electron chi connectivity index (χ4n) is 1.71. The van der Waals surface area contributed by atoms with Crippen molar-refractivity contribution in [3.63, 3.8) is 0 Å². The fraction of sp³-hybridized carbons (Fsp3) is 0.143. The number of hydrogen-bond donors (Lipinski definition) is 2. The van der Waals surface area contributed by atoms with Gasteiger partial charge >= 0.3 is 0 Å². The molecule has 0 saturated heterocycles. The van der Waals surface area contributed by atoms with Gasteiger partial charge in [-0.25, -0.2) is 0 Å². The second kappa shape index (κ2) is 6.08. The van der Waals surface area contributed by atoms with E-state index in [1.807, 2.05) is 6.07 Å². The van der Waals surface area contributed by atoms with E-state index < -0.39 is 5.91 Å². The Morgan fingerprint density at radius 3 is 2.90 bits per heavy atom. The van der Waals surface area contributed by atoms with E-state index in [2.05, 4.69) is 11.4 Å². The maximum Gasteiger partial charge on any atom is 0.248 e. The number of rotatable bonds is 5. The molecular formula is C14H13N3O2S. The number of nitrogens with one attached hydrogen (secondary N) is 1. The van der Waals surface area contributed by atoms with E-state index in [0.29, 0.717) is 29.1 Å². The molecule has 6 heteroatoms. The summed E-state index contributed by atoms with van der Waals surface area (Å²) in [4.78, 5) is 12.2. The minimum absolute atomic E-state index is 0.414. The van der Waals surface area contributed by atoms with Crippen LogP contribution in [-0.2, 0) is 6.54 Å². The number of primary amides is 1. The van der Waals surface area contributed by atoms with Gasteiger partial charge in [-0.2, -0.15) is 5.26 Å². The van der Waals surface area contributed by atoms with Crippen LogP contribution < -0.4 is 15.8 Å². The first-order chi connectivity index (χ1) is 9.63. The lowest BCUT2D eigenvalue weighted by atomic mass is 10.1. The zero-order chi connectivity index (χ0) is 14.5. The molecule has 0 unspecified atom stereocenters.